The minimum absolute atomic E-state index is 0.147. The van der Waals surface area contributed by atoms with Crippen molar-refractivity contribution >= 4 is 0 Å². The van der Waals surface area contributed by atoms with Gasteiger partial charge in [-0.25, -0.2) is 0 Å². The topological polar surface area (TPSA) is 29.5 Å². The Morgan fingerprint density at radius 2 is 1.78 bits per heavy atom. The van der Waals surface area contributed by atoms with Crippen molar-refractivity contribution in [1.29, 1.82) is 0 Å². The smallest absolute Gasteiger partial charge is 0.0788 e. The van der Waals surface area contributed by atoms with Gasteiger partial charge in [0.25, 0.3) is 0 Å². The molecule has 4 rings (SSSR count). The van der Waals surface area contributed by atoms with E-state index in [1.165, 1.54) is 50.5 Å². The van der Waals surface area contributed by atoms with Crippen LogP contribution >= 0.6 is 0 Å². The first-order chi connectivity index (χ1) is 15.2. The van der Waals surface area contributed by atoms with Crippen LogP contribution < -0.4 is 0 Å². The zero-order valence-corrected chi connectivity index (χ0v) is 22.2. The predicted octanol–water partition coefficient (Wildman–Crippen LogP) is 7.65. The van der Waals surface area contributed by atoms with Crippen LogP contribution in [0.5, 0.6) is 0 Å². The van der Waals surface area contributed by atoms with E-state index < -0.39 is 0 Å². The molecular formula is C30H52O2. The molecular weight excluding hydrogens is 392 g/mol. The van der Waals surface area contributed by atoms with E-state index in [9.17, 15) is 5.11 Å². The second kappa shape index (κ2) is 9.37. The van der Waals surface area contributed by atoms with Crippen molar-refractivity contribution in [2.24, 2.45) is 52.3 Å². The fourth-order valence-electron chi connectivity index (χ4n) is 9.49. The highest BCUT2D eigenvalue weighted by Crippen LogP contribution is 2.67. The molecule has 4 aliphatic rings. The summed E-state index contributed by atoms with van der Waals surface area (Å²) < 4.78 is 6.20. The first-order valence-corrected chi connectivity index (χ1v) is 14.1. The molecule has 2 heteroatoms. The van der Waals surface area contributed by atoms with Crippen LogP contribution in [-0.2, 0) is 4.74 Å². The van der Waals surface area contributed by atoms with Gasteiger partial charge in [-0.2, -0.15) is 0 Å². The second-order valence-corrected chi connectivity index (χ2v) is 13.2. The standard InChI is InChI=1S/C30H52O2/c1-8-21(19(2)3)10-9-20(4)24-11-12-25-28-26(14-16-30(24,25)6)29(5)15-13-23(31)17-22(29)18-27(28)32-7/h18-21,23-28,31H,8-17H2,1-7H3/t20-,21-,23+,24?,25+,26+,27+,28+,29+,30-/m1/s1. The molecule has 0 spiro atoms. The monoisotopic (exact) mass is 444 g/mol. The number of ether oxygens (including phenoxy) is 1. The molecule has 0 saturated heterocycles. The summed E-state index contributed by atoms with van der Waals surface area (Å²) in [4.78, 5) is 0. The van der Waals surface area contributed by atoms with Crippen LogP contribution in [0.2, 0.25) is 0 Å². The molecule has 3 saturated carbocycles. The lowest BCUT2D eigenvalue weighted by molar-refractivity contribution is -0.106. The molecule has 10 atom stereocenters. The minimum Gasteiger partial charge on any atom is -0.393 e. The fourth-order valence-corrected chi connectivity index (χ4v) is 9.49. The molecule has 0 bridgehead atoms. The first-order valence-electron chi connectivity index (χ1n) is 14.1. The second-order valence-electron chi connectivity index (χ2n) is 13.2. The van der Waals surface area contributed by atoms with Gasteiger partial charge in [0, 0.05) is 7.11 Å². The third kappa shape index (κ3) is 4.04. The summed E-state index contributed by atoms with van der Waals surface area (Å²) in [5.41, 5.74) is 2.28. The SMILES string of the molecule is CC[C@H](CC[C@@H](C)C1CC[C@H]2[C@@H]3[C@@H](OC)C=C4C[C@@H](O)CC[C@]4(C)[C@H]3CC[C@]12C)C(C)C. The number of methoxy groups -OCH3 is 1. The number of aliphatic hydroxyl groups excluding tert-OH is 1. The Labute approximate surface area is 199 Å². The Balaban J connectivity index is 1.54. The van der Waals surface area contributed by atoms with E-state index in [4.69, 9.17) is 4.74 Å². The maximum Gasteiger partial charge on any atom is 0.0788 e. The van der Waals surface area contributed by atoms with E-state index in [1.807, 2.05) is 7.11 Å². The molecule has 1 N–H and O–H groups in total. The van der Waals surface area contributed by atoms with Crippen LogP contribution in [0.25, 0.3) is 0 Å². The summed E-state index contributed by atoms with van der Waals surface area (Å²) in [6.07, 6.45) is 15.3. The van der Waals surface area contributed by atoms with Crippen molar-refractivity contribution in [1.82, 2.24) is 0 Å². The zero-order chi connectivity index (χ0) is 23.3. The van der Waals surface area contributed by atoms with Gasteiger partial charge >= 0.3 is 0 Å². The van der Waals surface area contributed by atoms with E-state index in [1.54, 1.807) is 0 Å². The molecule has 0 heterocycles. The van der Waals surface area contributed by atoms with Crippen LogP contribution in [0.15, 0.2) is 11.6 Å². The number of fused-ring (bicyclic) bond motifs is 5. The van der Waals surface area contributed by atoms with E-state index >= 15 is 0 Å². The third-order valence-electron chi connectivity index (χ3n) is 11.6. The van der Waals surface area contributed by atoms with E-state index in [0.717, 1.165) is 54.8 Å². The van der Waals surface area contributed by atoms with Gasteiger partial charge in [-0.1, -0.05) is 66.0 Å². The van der Waals surface area contributed by atoms with Gasteiger partial charge in [-0.3, -0.25) is 0 Å². The van der Waals surface area contributed by atoms with Crippen molar-refractivity contribution in [2.45, 2.75) is 118 Å². The molecule has 0 aromatic rings. The van der Waals surface area contributed by atoms with Gasteiger partial charge in [0.05, 0.1) is 12.2 Å². The van der Waals surface area contributed by atoms with Crippen molar-refractivity contribution in [2.75, 3.05) is 7.11 Å². The largest absolute Gasteiger partial charge is 0.393 e. The van der Waals surface area contributed by atoms with Crippen LogP contribution in [0.3, 0.4) is 0 Å². The molecule has 0 amide bonds. The van der Waals surface area contributed by atoms with Gasteiger partial charge in [0.1, 0.15) is 0 Å². The summed E-state index contributed by atoms with van der Waals surface area (Å²) >= 11 is 0. The summed E-state index contributed by atoms with van der Waals surface area (Å²) in [5.74, 6) is 5.62. The molecule has 32 heavy (non-hydrogen) atoms. The predicted molar refractivity (Wildman–Crippen MR) is 134 cm³/mol. The number of rotatable bonds is 7. The summed E-state index contributed by atoms with van der Waals surface area (Å²) in [6.45, 7) is 15.0. The lowest BCUT2D eigenvalue weighted by atomic mass is 9.46. The van der Waals surface area contributed by atoms with Crippen LogP contribution in [0.1, 0.15) is 106 Å². The van der Waals surface area contributed by atoms with Crippen molar-refractivity contribution < 1.29 is 9.84 Å². The third-order valence-corrected chi connectivity index (χ3v) is 11.6. The average Bonchev–Trinajstić information content (AvgIpc) is 3.11. The Morgan fingerprint density at radius 1 is 1.03 bits per heavy atom. The highest BCUT2D eigenvalue weighted by atomic mass is 16.5. The highest BCUT2D eigenvalue weighted by molar-refractivity contribution is 5.28. The van der Waals surface area contributed by atoms with Gasteiger partial charge in [-0.15, -0.1) is 0 Å². The van der Waals surface area contributed by atoms with Gasteiger partial charge in [0.15, 0.2) is 0 Å². The van der Waals surface area contributed by atoms with E-state index in [-0.39, 0.29) is 17.6 Å². The number of aliphatic hydroxyl groups is 1. The Morgan fingerprint density at radius 3 is 2.44 bits per heavy atom. The summed E-state index contributed by atoms with van der Waals surface area (Å²) in [6, 6.07) is 0. The average molecular weight is 445 g/mol. The van der Waals surface area contributed by atoms with Gasteiger partial charge in [-0.05, 0) is 104 Å². The maximum atomic E-state index is 10.4. The van der Waals surface area contributed by atoms with Crippen molar-refractivity contribution in [3.63, 3.8) is 0 Å². The molecule has 0 aromatic heterocycles. The molecule has 3 fully saturated rings. The lowest BCUT2D eigenvalue weighted by Crippen LogP contribution is -2.55. The Bertz CT molecular complexity index is 682. The Kier molecular flexibility index (Phi) is 7.25. The fraction of sp³-hybridized carbons (Fsp3) is 0.933. The van der Waals surface area contributed by atoms with E-state index in [0.29, 0.717) is 11.3 Å². The quantitative estimate of drug-likeness (QED) is 0.409. The number of hydrogen-bond donors (Lipinski definition) is 1. The van der Waals surface area contributed by atoms with Gasteiger partial charge < -0.3 is 9.84 Å². The molecule has 0 radical (unpaired) electrons. The molecule has 0 aliphatic heterocycles. The first kappa shape index (κ1) is 24.8. The highest BCUT2D eigenvalue weighted by Gasteiger charge is 2.61. The van der Waals surface area contributed by atoms with Crippen molar-refractivity contribution in [3.8, 4) is 0 Å². The summed E-state index contributed by atoms with van der Waals surface area (Å²) in [7, 11) is 1.93. The number of hydrogen-bond acceptors (Lipinski definition) is 2. The van der Waals surface area contributed by atoms with Gasteiger partial charge in [0.2, 0.25) is 0 Å². The Hall–Kier alpha value is -0.340. The molecule has 2 nitrogen and oxygen atoms in total. The molecule has 1 unspecified atom stereocenters. The summed E-state index contributed by atoms with van der Waals surface area (Å²) in [5, 5.41) is 10.4. The zero-order valence-electron chi connectivity index (χ0n) is 22.2. The van der Waals surface area contributed by atoms with Crippen molar-refractivity contribution in [3.05, 3.63) is 11.6 Å². The molecule has 0 aromatic carbocycles. The molecule has 4 aliphatic carbocycles. The van der Waals surface area contributed by atoms with Crippen LogP contribution in [0.4, 0.5) is 0 Å². The minimum atomic E-state index is -0.147. The molecule has 184 valence electrons. The van der Waals surface area contributed by atoms with Crippen LogP contribution in [0, 0.1) is 52.3 Å². The maximum absolute atomic E-state index is 10.4. The van der Waals surface area contributed by atoms with E-state index in [2.05, 4.69) is 47.6 Å². The lowest BCUT2D eigenvalue weighted by Gasteiger charge is -2.60. The van der Waals surface area contributed by atoms with Crippen LogP contribution in [-0.4, -0.2) is 24.4 Å². The normalized spacial score (nSPS) is 45.6.